The minimum atomic E-state index is -0.000499. The minimum absolute atomic E-state index is 0.000499. The van der Waals surface area contributed by atoms with Gasteiger partial charge in [-0.25, -0.2) is 0 Å². The van der Waals surface area contributed by atoms with E-state index in [1.165, 1.54) is 22.5 Å². The largest absolute Gasteiger partial charge is 0.352 e. The van der Waals surface area contributed by atoms with Gasteiger partial charge in [0.2, 0.25) is 0 Å². The molecular formula is C25H29ClN4S. The van der Waals surface area contributed by atoms with E-state index >= 15 is 0 Å². The molecule has 2 atom stereocenters. The molecule has 6 heteroatoms. The van der Waals surface area contributed by atoms with E-state index in [2.05, 4.69) is 66.5 Å². The van der Waals surface area contributed by atoms with Crippen molar-refractivity contribution in [2.45, 2.75) is 46.7 Å². The lowest BCUT2D eigenvalue weighted by Gasteiger charge is -2.30. The van der Waals surface area contributed by atoms with Crippen molar-refractivity contribution >= 4 is 28.9 Å². The number of aromatic nitrogens is 2. The van der Waals surface area contributed by atoms with E-state index in [4.69, 9.17) is 23.8 Å². The monoisotopic (exact) mass is 452 g/mol. The fourth-order valence-corrected chi connectivity index (χ4v) is 5.25. The summed E-state index contributed by atoms with van der Waals surface area (Å²) in [5.74, 6) is 0.487. The highest BCUT2D eigenvalue weighted by molar-refractivity contribution is 7.80. The first kappa shape index (κ1) is 21.8. The molecule has 1 aliphatic rings. The quantitative estimate of drug-likeness (QED) is 0.475. The van der Waals surface area contributed by atoms with Gasteiger partial charge in [-0.15, -0.1) is 0 Å². The van der Waals surface area contributed by atoms with Crippen LogP contribution < -0.4 is 5.32 Å². The Kier molecular flexibility index (Phi) is 6.09. The zero-order valence-corrected chi connectivity index (χ0v) is 20.3. The number of benzene rings is 1. The third-order valence-corrected chi connectivity index (χ3v) is 6.72. The number of hydrogen-bond acceptors (Lipinski definition) is 2. The van der Waals surface area contributed by atoms with Crippen molar-refractivity contribution in [2.75, 3.05) is 6.54 Å². The Hall–Kier alpha value is -2.37. The van der Waals surface area contributed by atoms with Crippen molar-refractivity contribution in [1.82, 2.24) is 19.8 Å². The molecule has 0 unspecified atom stereocenters. The summed E-state index contributed by atoms with van der Waals surface area (Å²) < 4.78 is 2.31. The molecule has 0 saturated carbocycles. The van der Waals surface area contributed by atoms with Gasteiger partial charge in [0.1, 0.15) is 0 Å². The van der Waals surface area contributed by atoms with Crippen molar-refractivity contribution in [1.29, 1.82) is 0 Å². The number of rotatable bonds is 5. The second-order valence-electron chi connectivity index (χ2n) is 8.70. The maximum Gasteiger partial charge on any atom is 0.170 e. The SMILES string of the molecule is Cc1c([C@H]2[C@@H](c3ccccn3)NC(=S)N2CC(C)C)c(C)n(-c2cccc(Cl)c2)c1C. The van der Waals surface area contributed by atoms with Crippen LogP contribution in [0.5, 0.6) is 0 Å². The van der Waals surface area contributed by atoms with Crippen LogP contribution in [0, 0.1) is 26.7 Å². The first-order valence-corrected chi connectivity index (χ1v) is 11.5. The average molecular weight is 453 g/mol. The van der Waals surface area contributed by atoms with Gasteiger partial charge in [-0.3, -0.25) is 4.98 Å². The number of halogens is 1. The van der Waals surface area contributed by atoms with E-state index in [0.717, 1.165) is 28.1 Å². The Labute approximate surface area is 195 Å². The molecule has 4 rings (SSSR count). The second-order valence-corrected chi connectivity index (χ2v) is 9.52. The van der Waals surface area contributed by atoms with E-state index in [9.17, 15) is 0 Å². The summed E-state index contributed by atoms with van der Waals surface area (Å²) in [6.07, 6.45) is 1.85. The lowest BCUT2D eigenvalue weighted by molar-refractivity contribution is 0.286. The molecule has 0 bridgehead atoms. The van der Waals surface area contributed by atoms with Crippen LogP contribution >= 0.6 is 23.8 Å². The summed E-state index contributed by atoms with van der Waals surface area (Å²) in [5.41, 5.74) is 7.10. The number of nitrogens with one attached hydrogen (secondary N) is 1. The van der Waals surface area contributed by atoms with E-state index in [0.29, 0.717) is 5.92 Å². The highest BCUT2D eigenvalue weighted by Crippen LogP contribution is 2.43. The fourth-order valence-electron chi connectivity index (χ4n) is 4.75. The molecule has 1 fully saturated rings. The van der Waals surface area contributed by atoms with E-state index in [-0.39, 0.29) is 12.1 Å². The normalized spacial score (nSPS) is 18.7. The zero-order chi connectivity index (χ0) is 22.3. The summed E-state index contributed by atoms with van der Waals surface area (Å²) >= 11 is 12.1. The molecule has 1 aromatic carbocycles. The lowest BCUT2D eigenvalue weighted by Crippen LogP contribution is -2.33. The standard InChI is InChI=1S/C25H29ClN4S/c1-15(2)14-29-24(23(28-25(29)31)21-11-6-7-12-27-21)22-16(3)17(4)30(18(22)5)20-10-8-9-19(26)13-20/h6-13,15,23-24H,14H2,1-5H3,(H,28,31)/t23-,24+/m1/s1. The van der Waals surface area contributed by atoms with Crippen molar-refractivity contribution in [3.63, 3.8) is 0 Å². The number of hydrogen-bond donors (Lipinski definition) is 1. The molecule has 1 aliphatic heterocycles. The molecule has 2 aromatic heterocycles. The molecule has 0 amide bonds. The molecule has 0 aliphatic carbocycles. The Bertz CT molecular complexity index is 1110. The number of thiocarbonyl (C=S) groups is 1. The minimum Gasteiger partial charge on any atom is -0.352 e. The van der Waals surface area contributed by atoms with Crippen molar-refractivity contribution in [2.24, 2.45) is 5.92 Å². The third kappa shape index (κ3) is 3.97. The molecule has 31 heavy (non-hydrogen) atoms. The topological polar surface area (TPSA) is 33.1 Å². The summed E-state index contributed by atoms with van der Waals surface area (Å²) in [7, 11) is 0. The summed E-state index contributed by atoms with van der Waals surface area (Å²) in [5, 5.41) is 5.10. The van der Waals surface area contributed by atoms with E-state index < -0.39 is 0 Å². The van der Waals surface area contributed by atoms with Gasteiger partial charge in [-0.2, -0.15) is 0 Å². The first-order chi connectivity index (χ1) is 14.8. The van der Waals surface area contributed by atoms with Crippen LogP contribution in [0.15, 0.2) is 48.7 Å². The molecule has 1 N–H and O–H groups in total. The molecule has 4 nitrogen and oxygen atoms in total. The Balaban J connectivity index is 1.90. The predicted octanol–water partition coefficient (Wildman–Crippen LogP) is 6.08. The zero-order valence-electron chi connectivity index (χ0n) is 18.7. The van der Waals surface area contributed by atoms with Gasteiger partial charge in [-0.1, -0.05) is 37.6 Å². The van der Waals surface area contributed by atoms with Crippen LogP contribution in [0.3, 0.4) is 0 Å². The predicted molar refractivity (Wildman–Crippen MR) is 132 cm³/mol. The maximum atomic E-state index is 6.32. The highest BCUT2D eigenvalue weighted by atomic mass is 35.5. The number of nitrogens with zero attached hydrogens (tertiary/aromatic N) is 3. The summed E-state index contributed by atoms with van der Waals surface area (Å²) in [6.45, 7) is 11.9. The van der Waals surface area contributed by atoms with Gasteiger partial charge in [-0.05, 0) is 74.8 Å². The molecule has 3 aromatic rings. The van der Waals surface area contributed by atoms with Crippen molar-refractivity contribution in [3.05, 3.63) is 81.9 Å². The fraction of sp³-hybridized carbons (Fsp3) is 0.360. The molecule has 162 valence electrons. The van der Waals surface area contributed by atoms with Crippen molar-refractivity contribution in [3.8, 4) is 5.69 Å². The van der Waals surface area contributed by atoms with E-state index in [1.807, 2.05) is 36.5 Å². The Morgan fingerprint density at radius 1 is 1.10 bits per heavy atom. The second kappa shape index (κ2) is 8.64. The molecule has 1 saturated heterocycles. The highest BCUT2D eigenvalue weighted by Gasteiger charge is 2.42. The van der Waals surface area contributed by atoms with Crippen LogP contribution in [0.2, 0.25) is 5.02 Å². The van der Waals surface area contributed by atoms with Gasteiger partial charge in [0.15, 0.2) is 5.11 Å². The van der Waals surface area contributed by atoms with Crippen LogP contribution in [-0.4, -0.2) is 26.1 Å². The average Bonchev–Trinajstić information content (AvgIpc) is 3.15. The molecule has 3 heterocycles. The van der Waals surface area contributed by atoms with Crippen LogP contribution in [0.4, 0.5) is 0 Å². The number of pyridine rings is 1. The van der Waals surface area contributed by atoms with Crippen LogP contribution in [0.25, 0.3) is 5.69 Å². The molecule has 0 spiro atoms. The summed E-state index contributed by atoms with van der Waals surface area (Å²) in [6, 6.07) is 14.2. The summed E-state index contributed by atoms with van der Waals surface area (Å²) in [4.78, 5) is 7.01. The maximum absolute atomic E-state index is 6.32. The van der Waals surface area contributed by atoms with Crippen LogP contribution in [-0.2, 0) is 0 Å². The van der Waals surface area contributed by atoms with Gasteiger partial charge in [0, 0.05) is 40.4 Å². The van der Waals surface area contributed by atoms with Crippen LogP contribution in [0.1, 0.15) is 54.1 Å². The lowest BCUT2D eigenvalue weighted by atomic mass is 9.93. The van der Waals surface area contributed by atoms with Crippen molar-refractivity contribution < 1.29 is 0 Å². The van der Waals surface area contributed by atoms with Gasteiger partial charge < -0.3 is 14.8 Å². The third-order valence-electron chi connectivity index (χ3n) is 6.13. The molecular weight excluding hydrogens is 424 g/mol. The van der Waals surface area contributed by atoms with Gasteiger partial charge >= 0.3 is 0 Å². The Morgan fingerprint density at radius 2 is 1.87 bits per heavy atom. The van der Waals surface area contributed by atoms with Gasteiger partial charge in [0.05, 0.1) is 17.8 Å². The first-order valence-electron chi connectivity index (χ1n) is 10.7. The Morgan fingerprint density at radius 3 is 2.52 bits per heavy atom. The van der Waals surface area contributed by atoms with E-state index in [1.54, 1.807) is 0 Å². The smallest absolute Gasteiger partial charge is 0.170 e. The van der Waals surface area contributed by atoms with Gasteiger partial charge in [0.25, 0.3) is 0 Å². The molecule has 0 radical (unpaired) electrons.